The van der Waals surface area contributed by atoms with Crippen molar-refractivity contribution in [1.29, 1.82) is 0 Å². The fraction of sp³-hybridized carbons (Fsp3) is 0.400. The molecule has 0 heterocycles. The molecule has 1 aromatic rings. The van der Waals surface area contributed by atoms with Crippen molar-refractivity contribution >= 4 is 11.6 Å². The molecule has 0 aliphatic carbocycles. The van der Waals surface area contributed by atoms with Gasteiger partial charge >= 0.3 is 0 Å². The van der Waals surface area contributed by atoms with Gasteiger partial charge in [0.25, 0.3) is 0 Å². The number of halogens is 2. The first-order valence-electron chi connectivity index (χ1n) is 4.25. The van der Waals surface area contributed by atoms with E-state index in [1.54, 1.807) is 19.2 Å². The minimum Gasteiger partial charge on any atom is -0.317 e. The summed E-state index contributed by atoms with van der Waals surface area (Å²) >= 11 is 5.77. The molecular formula is C10H13ClFN. The molecule has 0 saturated carbocycles. The van der Waals surface area contributed by atoms with Crippen molar-refractivity contribution in [2.75, 3.05) is 13.6 Å². The first-order chi connectivity index (χ1) is 6.22. The van der Waals surface area contributed by atoms with Gasteiger partial charge < -0.3 is 5.32 Å². The van der Waals surface area contributed by atoms with E-state index in [2.05, 4.69) is 5.32 Å². The predicted octanol–water partition coefficient (Wildman–Crippen LogP) is 2.44. The van der Waals surface area contributed by atoms with Crippen molar-refractivity contribution in [3.63, 3.8) is 0 Å². The standard InChI is InChI=1S/C10H13ClFN/c1-13-7-10(12)6-8-3-2-4-9(11)5-8/h2-5,10,13H,6-7H2,1H3. The van der Waals surface area contributed by atoms with Crippen LogP contribution in [0.4, 0.5) is 4.39 Å². The molecule has 0 fully saturated rings. The summed E-state index contributed by atoms with van der Waals surface area (Å²) in [5.74, 6) is 0. The second-order valence-electron chi connectivity index (χ2n) is 2.99. The molecule has 13 heavy (non-hydrogen) atoms. The van der Waals surface area contributed by atoms with Crippen LogP contribution in [0.25, 0.3) is 0 Å². The highest BCUT2D eigenvalue weighted by atomic mass is 35.5. The van der Waals surface area contributed by atoms with E-state index in [1.807, 2.05) is 12.1 Å². The quantitative estimate of drug-likeness (QED) is 0.789. The SMILES string of the molecule is CNCC(F)Cc1cccc(Cl)c1. The Morgan fingerprint density at radius 3 is 2.92 bits per heavy atom. The molecule has 1 N–H and O–H groups in total. The van der Waals surface area contributed by atoms with Crippen LogP contribution in [0.3, 0.4) is 0 Å². The van der Waals surface area contributed by atoms with E-state index >= 15 is 0 Å². The Balaban J connectivity index is 2.53. The van der Waals surface area contributed by atoms with Gasteiger partial charge in [-0.3, -0.25) is 0 Å². The molecule has 0 saturated heterocycles. The zero-order valence-electron chi connectivity index (χ0n) is 7.56. The summed E-state index contributed by atoms with van der Waals surface area (Å²) in [6.45, 7) is 0.381. The Hall–Kier alpha value is -0.600. The third-order valence-electron chi connectivity index (χ3n) is 1.77. The number of nitrogens with one attached hydrogen (secondary N) is 1. The van der Waals surface area contributed by atoms with Crippen LogP contribution in [0.1, 0.15) is 5.56 Å². The second-order valence-corrected chi connectivity index (χ2v) is 3.43. The van der Waals surface area contributed by atoms with Gasteiger partial charge in [0.2, 0.25) is 0 Å². The van der Waals surface area contributed by atoms with Crippen molar-refractivity contribution in [1.82, 2.24) is 5.32 Å². The molecule has 72 valence electrons. The van der Waals surface area contributed by atoms with E-state index in [-0.39, 0.29) is 0 Å². The molecule has 0 radical (unpaired) electrons. The van der Waals surface area contributed by atoms with Crippen LogP contribution in [0.15, 0.2) is 24.3 Å². The van der Waals surface area contributed by atoms with E-state index in [1.165, 1.54) is 0 Å². The number of hydrogen-bond donors (Lipinski definition) is 1. The van der Waals surface area contributed by atoms with E-state index in [9.17, 15) is 4.39 Å². The number of alkyl halides is 1. The average molecular weight is 202 g/mol. The van der Waals surface area contributed by atoms with Gasteiger partial charge in [-0.05, 0) is 24.7 Å². The predicted molar refractivity (Wildman–Crippen MR) is 54.0 cm³/mol. The van der Waals surface area contributed by atoms with Gasteiger partial charge in [-0.15, -0.1) is 0 Å². The van der Waals surface area contributed by atoms with Crippen molar-refractivity contribution < 1.29 is 4.39 Å². The minimum absolute atomic E-state index is 0.381. The van der Waals surface area contributed by atoms with Crippen molar-refractivity contribution in [3.8, 4) is 0 Å². The number of benzene rings is 1. The Kier molecular flexibility index (Phi) is 4.19. The Labute approximate surface area is 82.9 Å². The largest absolute Gasteiger partial charge is 0.317 e. The van der Waals surface area contributed by atoms with E-state index in [0.29, 0.717) is 18.0 Å². The Morgan fingerprint density at radius 1 is 1.54 bits per heavy atom. The van der Waals surface area contributed by atoms with Gasteiger partial charge in [-0.2, -0.15) is 0 Å². The molecule has 0 aliphatic heterocycles. The lowest BCUT2D eigenvalue weighted by Gasteiger charge is -2.07. The van der Waals surface area contributed by atoms with Gasteiger partial charge in [-0.1, -0.05) is 23.7 Å². The molecular weight excluding hydrogens is 189 g/mol. The lowest BCUT2D eigenvalue weighted by atomic mass is 10.1. The number of rotatable bonds is 4. The summed E-state index contributed by atoms with van der Waals surface area (Å²) in [4.78, 5) is 0. The second kappa shape index (κ2) is 5.20. The monoisotopic (exact) mass is 201 g/mol. The zero-order chi connectivity index (χ0) is 9.68. The van der Waals surface area contributed by atoms with Gasteiger partial charge in [0.1, 0.15) is 6.17 Å². The van der Waals surface area contributed by atoms with Gasteiger partial charge in [0.05, 0.1) is 0 Å². The van der Waals surface area contributed by atoms with Crippen LogP contribution >= 0.6 is 11.6 Å². The lowest BCUT2D eigenvalue weighted by Crippen LogP contribution is -2.21. The summed E-state index contributed by atoms with van der Waals surface area (Å²) in [5, 5.41) is 3.46. The Morgan fingerprint density at radius 2 is 2.31 bits per heavy atom. The molecule has 1 unspecified atom stereocenters. The van der Waals surface area contributed by atoms with Gasteiger partial charge in [0, 0.05) is 18.0 Å². The van der Waals surface area contributed by atoms with Gasteiger partial charge in [0.15, 0.2) is 0 Å². The first kappa shape index (κ1) is 10.5. The van der Waals surface area contributed by atoms with E-state index < -0.39 is 6.17 Å². The molecule has 0 spiro atoms. The molecule has 0 aliphatic rings. The molecule has 0 bridgehead atoms. The molecule has 3 heteroatoms. The lowest BCUT2D eigenvalue weighted by molar-refractivity contribution is 0.324. The fourth-order valence-corrected chi connectivity index (χ4v) is 1.43. The summed E-state index contributed by atoms with van der Waals surface area (Å²) in [7, 11) is 1.74. The maximum atomic E-state index is 13.1. The number of hydrogen-bond acceptors (Lipinski definition) is 1. The summed E-state index contributed by atoms with van der Waals surface area (Å²) < 4.78 is 13.1. The van der Waals surface area contributed by atoms with E-state index in [4.69, 9.17) is 11.6 Å². The molecule has 1 atom stereocenters. The maximum absolute atomic E-state index is 13.1. The third kappa shape index (κ3) is 3.75. The van der Waals surface area contributed by atoms with Crippen LogP contribution in [-0.2, 0) is 6.42 Å². The molecule has 0 aromatic heterocycles. The minimum atomic E-state index is -0.844. The van der Waals surface area contributed by atoms with Crippen LogP contribution in [0, 0.1) is 0 Å². The topological polar surface area (TPSA) is 12.0 Å². The first-order valence-corrected chi connectivity index (χ1v) is 4.63. The highest BCUT2D eigenvalue weighted by Crippen LogP contribution is 2.12. The van der Waals surface area contributed by atoms with Crippen LogP contribution in [0.2, 0.25) is 5.02 Å². The smallest absolute Gasteiger partial charge is 0.116 e. The van der Waals surface area contributed by atoms with Crippen molar-refractivity contribution in [2.45, 2.75) is 12.6 Å². The average Bonchev–Trinajstić information content (AvgIpc) is 2.04. The molecule has 1 nitrogen and oxygen atoms in total. The Bertz CT molecular complexity index is 265. The summed E-state index contributed by atoms with van der Waals surface area (Å²) in [5.41, 5.74) is 0.940. The van der Waals surface area contributed by atoms with Crippen molar-refractivity contribution in [2.24, 2.45) is 0 Å². The van der Waals surface area contributed by atoms with Crippen molar-refractivity contribution in [3.05, 3.63) is 34.9 Å². The zero-order valence-corrected chi connectivity index (χ0v) is 8.31. The maximum Gasteiger partial charge on any atom is 0.116 e. The highest BCUT2D eigenvalue weighted by Gasteiger charge is 2.05. The fourth-order valence-electron chi connectivity index (χ4n) is 1.21. The highest BCUT2D eigenvalue weighted by molar-refractivity contribution is 6.30. The van der Waals surface area contributed by atoms with Gasteiger partial charge in [-0.25, -0.2) is 4.39 Å². The normalized spacial score (nSPS) is 12.8. The molecule has 1 rings (SSSR count). The summed E-state index contributed by atoms with van der Waals surface area (Å²) in [6.07, 6.45) is -0.426. The molecule has 0 amide bonds. The summed E-state index contributed by atoms with van der Waals surface area (Å²) in [6, 6.07) is 7.30. The molecule has 1 aromatic carbocycles. The third-order valence-corrected chi connectivity index (χ3v) is 2.01. The van der Waals surface area contributed by atoms with E-state index in [0.717, 1.165) is 5.56 Å². The van der Waals surface area contributed by atoms with Crippen LogP contribution < -0.4 is 5.32 Å². The van der Waals surface area contributed by atoms with Crippen LogP contribution in [0.5, 0.6) is 0 Å². The van der Waals surface area contributed by atoms with Crippen LogP contribution in [-0.4, -0.2) is 19.8 Å².